The third kappa shape index (κ3) is 5.14. The van der Waals surface area contributed by atoms with Crippen molar-refractivity contribution in [2.24, 2.45) is 0 Å². The average Bonchev–Trinajstić information content (AvgIpc) is 2.91. The van der Waals surface area contributed by atoms with Crippen LogP contribution in [0.15, 0.2) is 133 Å². The molecular formula is C33H27Cl. The van der Waals surface area contributed by atoms with Crippen LogP contribution in [0, 0.1) is 0 Å². The largest absolute Gasteiger partial charge is 0.0843 e. The zero-order valence-corrected chi connectivity index (χ0v) is 19.8. The molecule has 0 nitrogen and oxygen atoms in total. The Morgan fingerprint density at radius 2 is 0.971 bits per heavy atom. The minimum Gasteiger partial charge on any atom is -0.0843 e. The molecule has 5 aromatic carbocycles. The molecule has 0 aromatic heterocycles. The molecule has 0 aliphatic rings. The van der Waals surface area contributed by atoms with Crippen molar-refractivity contribution in [1.29, 1.82) is 0 Å². The molecule has 0 saturated heterocycles. The monoisotopic (exact) mass is 458 g/mol. The first-order valence-electron chi connectivity index (χ1n) is 11.8. The molecule has 1 atom stereocenters. The number of aryl methyl sites for hydroxylation is 1. The van der Waals surface area contributed by atoms with Gasteiger partial charge in [-0.05, 0) is 63.9 Å². The standard InChI is InChI=1S/C33H27Cl/c34-31-22-19-30(20-23-31)33(29-17-15-26(16-18-29)25-9-3-1-4-10-25)24-21-28-13-7-8-14-32(28)27-11-5-2-6-12-27/h1-20,22-23,33H,21,24H2. The predicted molar refractivity (Wildman–Crippen MR) is 145 cm³/mol. The molecule has 0 radical (unpaired) electrons. The second-order valence-corrected chi connectivity index (χ2v) is 9.09. The summed E-state index contributed by atoms with van der Waals surface area (Å²) >= 11 is 6.21. The average molecular weight is 459 g/mol. The van der Waals surface area contributed by atoms with Crippen molar-refractivity contribution in [3.63, 3.8) is 0 Å². The SMILES string of the molecule is Clc1ccc(C(CCc2ccccc2-c2ccccc2)c2ccc(-c3ccccc3)cc2)cc1. The Hall–Kier alpha value is -3.61. The Bertz CT molecular complexity index is 1320. The molecule has 0 saturated carbocycles. The lowest BCUT2D eigenvalue weighted by Gasteiger charge is -2.20. The zero-order chi connectivity index (χ0) is 23.2. The molecule has 0 aliphatic heterocycles. The Morgan fingerprint density at radius 1 is 0.471 bits per heavy atom. The van der Waals surface area contributed by atoms with Crippen LogP contribution in [-0.2, 0) is 6.42 Å². The fourth-order valence-corrected chi connectivity index (χ4v) is 4.82. The Balaban J connectivity index is 1.45. The second-order valence-electron chi connectivity index (χ2n) is 8.65. The lowest BCUT2D eigenvalue weighted by Crippen LogP contribution is -2.04. The van der Waals surface area contributed by atoms with Gasteiger partial charge in [0, 0.05) is 10.9 Å². The summed E-state index contributed by atoms with van der Waals surface area (Å²) in [5.74, 6) is 0.297. The van der Waals surface area contributed by atoms with Crippen LogP contribution in [0.3, 0.4) is 0 Å². The van der Waals surface area contributed by atoms with Gasteiger partial charge in [0.25, 0.3) is 0 Å². The van der Waals surface area contributed by atoms with Crippen molar-refractivity contribution in [2.45, 2.75) is 18.8 Å². The molecule has 34 heavy (non-hydrogen) atoms. The van der Waals surface area contributed by atoms with E-state index in [1.807, 2.05) is 12.1 Å². The summed E-state index contributed by atoms with van der Waals surface area (Å²) in [5.41, 5.74) is 9.09. The molecule has 5 rings (SSSR count). The van der Waals surface area contributed by atoms with Crippen LogP contribution in [0.1, 0.15) is 29.0 Å². The van der Waals surface area contributed by atoms with E-state index in [1.165, 1.54) is 38.9 Å². The Labute approximate surface area is 207 Å². The topological polar surface area (TPSA) is 0 Å². The number of hydrogen-bond acceptors (Lipinski definition) is 0. The van der Waals surface area contributed by atoms with E-state index in [4.69, 9.17) is 11.6 Å². The molecule has 0 bridgehead atoms. The van der Waals surface area contributed by atoms with Crippen LogP contribution in [-0.4, -0.2) is 0 Å². The van der Waals surface area contributed by atoms with Gasteiger partial charge in [-0.2, -0.15) is 0 Å². The summed E-state index contributed by atoms with van der Waals surface area (Å²) in [6.45, 7) is 0. The molecule has 0 N–H and O–H groups in total. The highest BCUT2D eigenvalue weighted by Gasteiger charge is 2.16. The molecule has 0 spiro atoms. The van der Waals surface area contributed by atoms with Crippen molar-refractivity contribution in [2.75, 3.05) is 0 Å². The molecule has 0 heterocycles. The van der Waals surface area contributed by atoms with Gasteiger partial charge in [0.2, 0.25) is 0 Å². The van der Waals surface area contributed by atoms with Gasteiger partial charge in [0.15, 0.2) is 0 Å². The number of hydrogen-bond donors (Lipinski definition) is 0. The highest BCUT2D eigenvalue weighted by atomic mass is 35.5. The summed E-state index contributed by atoms with van der Waals surface area (Å²) in [6.07, 6.45) is 2.02. The maximum Gasteiger partial charge on any atom is 0.0406 e. The number of benzene rings is 5. The first kappa shape index (κ1) is 22.2. The Morgan fingerprint density at radius 3 is 1.62 bits per heavy atom. The van der Waals surface area contributed by atoms with Crippen molar-refractivity contribution in [1.82, 2.24) is 0 Å². The molecule has 166 valence electrons. The van der Waals surface area contributed by atoms with Gasteiger partial charge >= 0.3 is 0 Å². The van der Waals surface area contributed by atoms with Gasteiger partial charge in [0.05, 0.1) is 0 Å². The van der Waals surface area contributed by atoms with Gasteiger partial charge in [-0.3, -0.25) is 0 Å². The maximum absolute atomic E-state index is 6.21. The molecule has 5 aromatic rings. The van der Waals surface area contributed by atoms with Crippen LogP contribution in [0.25, 0.3) is 22.3 Å². The summed E-state index contributed by atoms with van der Waals surface area (Å²) < 4.78 is 0. The minimum absolute atomic E-state index is 0.297. The molecule has 0 aliphatic carbocycles. The third-order valence-corrected chi connectivity index (χ3v) is 6.75. The van der Waals surface area contributed by atoms with Crippen molar-refractivity contribution in [3.8, 4) is 22.3 Å². The van der Waals surface area contributed by atoms with E-state index in [0.29, 0.717) is 5.92 Å². The fraction of sp³-hybridized carbons (Fsp3) is 0.0909. The minimum atomic E-state index is 0.297. The third-order valence-electron chi connectivity index (χ3n) is 6.50. The molecule has 0 amide bonds. The van der Waals surface area contributed by atoms with E-state index in [-0.39, 0.29) is 0 Å². The molecule has 1 unspecified atom stereocenters. The second kappa shape index (κ2) is 10.5. The maximum atomic E-state index is 6.21. The van der Waals surface area contributed by atoms with Crippen molar-refractivity contribution in [3.05, 3.63) is 155 Å². The molecular weight excluding hydrogens is 432 g/mol. The van der Waals surface area contributed by atoms with Crippen LogP contribution < -0.4 is 0 Å². The van der Waals surface area contributed by atoms with Crippen LogP contribution in [0.4, 0.5) is 0 Å². The van der Waals surface area contributed by atoms with Gasteiger partial charge in [-0.1, -0.05) is 133 Å². The van der Waals surface area contributed by atoms with Crippen molar-refractivity contribution >= 4 is 11.6 Å². The van der Waals surface area contributed by atoms with Crippen LogP contribution in [0.2, 0.25) is 5.02 Å². The molecule has 0 fully saturated rings. The quantitative estimate of drug-likeness (QED) is 0.228. The summed E-state index contributed by atoms with van der Waals surface area (Å²) in [4.78, 5) is 0. The lowest BCUT2D eigenvalue weighted by atomic mass is 9.84. The van der Waals surface area contributed by atoms with Gasteiger partial charge < -0.3 is 0 Å². The highest BCUT2D eigenvalue weighted by molar-refractivity contribution is 6.30. The van der Waals surface area contributed by atoms with Crippen LogP contribution >= 0.6 is 11.6 Å². The fourth-order valence-electron chi connectivity index (χ4n) is 4.70. The van der Waals surface area contributed by atoms with Crippen LogP contribution in [0.5, 0.6) is 0 Å². The first-order chi connectivity index (χ1) is 16.8. The van der Waals surface area contributed by atoms with Gasteiger partial charge in [-0.15, -0.1) is 0 Å². The van der Waals surface area contributed by atoms with E-state index in [0.717, 1.165) is 17.9 Å². The number of halogens is 1. The summed E-state index contributed by atoms with van der Waals surface area (Å²) in [5, 5.41) is 0.774. The number of rotatable bonds is 7. The zero-order valence-electron chi connectivity index (χ0n) is 19.1. The highest BCUT2D eigenvalue weighted by Crippen LogP contribution is 2.33. The molecule has 1 heteroatoms. The van der Waals surface area contributed by atoms with E-state index >= 15 is 0 Å². The first-order valence-corrected chi connectivity index (χ1v) is 12.2. The van der Waals surface area contributed by atoms with E-state index < -0.39 is 0 Å². The lowest BCUT2D eigenvalue weighted by molar-refractivity contribution is 0.716. The normalized spacial score (nSPS) is 11.8. The predicted octanol–water partition coefficient (Wildman–Crippen LogP) is 9.44. The Kier molecular flexibility index (Phi) is 6.89. The van der Waals surface area contributed by atoms with E-state index in [1.54, 1.807) is 0 Å². The smallest absolute Gasteiger partial charge is 0.0406 e. The van der Waals surface area contributed by atoms with E-state index in [2.05, 4.69) is 121 Å². The van der Waals surface area contributed by atoms with Crippen molar-refractivity contribution < 1.29 is 0 Å². The van der Waals surface area contributed by atoms with E-state index in [9.17, 15) is 0 Å². The van der Waals surface area contributed by atoms with Gasteiger partial charge in [0.1, 0.15) is 0 Å². The van der Waals surface area contributed by atoms with Gasteiger partial charge in [-0.25, -0.2) is 0 Å². The summed E-state index contributed by atoms with van der Waals surface area (Å²) in [6, 6.07) is 47.4. The summed E-state index contributed by atoms with van der Waals surface area (Å²) in [7, 11) is 0.